The van der Waals surface area contributed by atoms with E-state index in [1.807, 2.05) is 0 Å². The lowest BCUT2D eigenvalue weighted by Crippen LogP contribution is -2.02. The molecule has 0 atom stereocenters. The number of benzene rings is 1. The summed E-state index contributed by atoms with van der Waals surface area (Å²) < 4.78 is 31.4. The Hall–Kier alpha value is -1.72. The second-order valence-electron chi connectivity index (χ2n) is 3.75. The molecule has 1 aromatic rings. The Morgan fingerprint density at radius 1 is 1.38 bits per heavy atom. The summed E-state index contributed by atoms with van der Waals surface area (Å²) in [5, 5.41) is 10.3. The van der Waals surface area contributed by atoms with Crippen LogP contribution in [0.1, 0.15) is 12.8 Å². The molecular formula is C10H9F2NO3. The molecule has 0 bridgehead atoms. The zero-order chi connectivity index (χ0) is 11.7. The summed E-state index contributed by atoms with van der Waals surface area (Å²) in [4.78, 5) is 9.35. The van der Waals surface area contributed by atoms with Crippen molar-refractivity contribution in [1.82, 2.24) is 0 Å². The van der Waals surface area contributed by atoms with Gasteiger partial charge in [-0.25, -0.2) is 4.39 Å². The van der Waals surface area contributed by atoms with Crippen LogP contribution >= 0.6 is 0 Å². The van der Waals surface area contributed by atoms with Crippen molar-refractivity contribution in [2.75, 3.05) is 6.61 Å². The summed E-state index contributed by atoms with van der Waals surface area (Å²) >= 11 is 0. The van der Waals surface area contributed by atoms with E-state index in [0.717, 1.165) is 18.9 Å². The zero-order valence-electron chi connectivity index (χ0n) is 8.28. The third kappa shape index (κ3) is 2.26. The van der Waals surface area contributed by atoms with Gasteiger partial charge in [-0.05, 0) is 18.8 Å². The molecule has 1 aliphatic rings. The number of hydrogen-bond acceptors (Lipinski definition) is 3. The molecule has 0 radical (unpaired) electrons. The summed E-state index contributed by atoms with van der Waals surface area (Å²) in [6, 6.07) is 1.26. The minimum atomic E-state index is -1.09. The van der Waals surface area contributed by atoms with Crippen molar-refractivity contribution in [3.8, 4) is 5.75 Å². The third-order valence-electron chi connectivity index (χ3n) is 2.37. The minimum absolute atomic E-state index is 0.269. The summed E-state index contributed by atoms with van der Waals surface area (Å²) in [7, 11) is 0. The van der Waals surface area contributed by atoms with Crippen molar-refractivity contribution in [2.24, 2.45) is 5.92 Å². The molecule has 1 saturated carbocycles. The first-order chi connectivity index (χ1) is 7.58. The van der Waals surface area contributed by atoms with Gasteiger partial charge in [-0.2, -0.15) is 4.39 Å². The second kappa shape index (κ2) is 4.03. The molecule has 0 unspecified atom stereocenters. The lowest BCUT2D eigenvalue weighted by atomic mass is 10.3. The number of nitrogens with zero attached hydrogens (tertiary/aromatic N) is 1. The van der Waals surface area contributed by atoms with Crippen molar-refractivity contribution in [2.45, 2.75) is 12.8 Å². The summed E-state index contributed by atoms with van der Waals surface area (Å²) in [6.45, 7) is 0.328. The maximum absolute atomic E-state index is 13.3. The van der Waals surface area contributed by atoms with Gasteiger partial charge in [-0.1, -0.05) is 0 Å². The lowest BCUT2D eigenvalue weighted by Gasteiger charge is -2.06. The van der Waals surface area contributed by atoms with Gasteiger partial charge in [0.25, 0.3) is 0 Å². The van der Waals surface area contributed by atoms with Crippen LogP contribution in [0.25, 0.3) is 0 Å². The number of ether oxygens (including phenoxy) is 1. The molecule has 6 heteroatoms. The predicted molar refractivity (Wildman–Crippen MR) is 51.2 cm³/mol. The van der Waals surface area contributed by atoms with Crippen LogP contribution in [0.2, 0.25) is 0 Å². The van der Waals surface area contributed by atoms with Crippen molar-refractivity contribution >= 4 is 5.69 Å². The van der Waals surface area contributed by atoms with Crippen molar-refractivity contribution in [3.63, 3.8) is 0 Å². The van der Waals surface area contributed by atoms with E-state index in [0.29, 0.717) is 18.6 Å². The van der Waals surface area contributed by atoms with Gasteiger partial charge in [-0.15, -0.1) is 0 Å². The minimum Gasteiger partial charge on any atom is -0.490 e. The number of nitro benzene ring substituents is 1. The van der Waals surface area contributed by atoms with E-state index in [4.69, 9.17) is 4.74 Å². The second-order valence-corrected chi connectivity index (χ2v) is 3.75. The molecule has 0 saturated heterocycles. The van der Waals surface area contributed by atoms with E-state index < -0.39 is 22.2 Å². The predicted octanol–water partition coefficient (Wildman–Crippen LogP) is 2.66. The van der Waals surface area contributed by atoms with Crippen LogP contribution in [0, 0.1) is 27.7 Å². The van der Waals surface area contributed by atoms with E-state index in [-0.39, 0.29) is 5.75 Å². The number of halogens is 2. The van der Waals surface area contributed by atoms with E-state index in [9.17, 15) is 18.9 Å². The van der Waals surface area contributed by atoms with Crippen LogP contribution < -0.4 is 4.74 Å². The first kappa shape index (κ1) is 10.8. The highest BCUT2D eigenvalue weighted by atomic mass is 19.1. The quantitative estimate of drug-likeness (QED) is 0.589. The largest absolute Gasteiger partial charge is 0.490 e. The molecule has 4 nitrogen and oxygen atoms in total. The van der Waals surface area contributed by atoms with Gasteiger partial charge >= 0.3 is 5.69 Å². The van der Waals surface area contributed by atoms with Crippen LogP contribution in [-0.2, 0) is 0 Å². The average Bonchev–Trinajstić information content (AvgIpc) is 3.02. The Labute approximate surface area is 90.0 Å². The summed E-state index contributed by atoms with van der Waals surface area (Å²) in [6.07, 6.45) is 2.05. The highest BCUT2D eigenvalue weighted by Gasteiger charge is 2.24. The fourth-order valence-electron chi connectivity index (χ4n) is 1.26. The van der Waals surface area contributed by atoms with Gasteiger partial charge in [-0.3, -0.25) is 10.1 Å². The summed E-state index contributed by atoms with van der Waals surface area (Å²) in [5.74, 6) is -1.86. The Balaban J connectivity index is 2.18. The molecule has 0 heterocycles. The molecule has 0 aromatic heterocycles. The molecule has 0 aliphatic heterocycles. The van der Waals surface area contributed by atoms with Crippen LogP contribution in [-0.4, -0.2) is 11.5 Å². The van der Waals surface area contributed by atoms with Gasteiger partial charge in [0.1, 0.15) is 0 Å². The van der Waals surface area contributed by atoms with Gasteiger partial charge < -0.3 is 4.74 Å². The van der Waals surface area contributed by atoms with Crippen LogP contribution in [0.3, 0.4) is 0 Å². The summed E-state index contributed by atoms with van der Waals surface area (Å²) in [5.41, 5.74) is -0.878. The molecule has 86 valence electrons. The fourth-order valence-corrected chi connectivity index (χ4v) is 1.26. The smallest absolute Gasteiger partial charge is 0.307 e. The fraction of sp³-hybridized carbons (Fsp3) is 0.400. The average molecular weight is 229 g/mol. The monoisotopic (exact) mass is 229 g/mol. The maximum atomic E-state index is 13.3. The molecule has 1 aliphatic carbocycles. The first-order valence-corrected chi connectivity index (χ1v) is 4.84. The zero-order valence-corrected chi connectivity index (χ0v) is 8.28. The Morgan fingerprint density at radius 3 is 2.62 bits per heavy atom. The highest BCUT2D eigenvalue weighted by Crippen LogP contribution is 2.31. The Bertz CT molecular complexity index is 432. The van der Waals surface area contributed by atoms with Crippen molar-refractivity contribution in [3.05, 3.63) is 33.9 Å². The normalized spacial score (nSPS) is 14.9. The topological polar surface area (TPSA) is 52.4 Å². The van der Waals surface area contributed by atoms with Crippen LogP contribution in [0.5, 0.6) is 5.75 Å². The molecule has 1 fully saturated rings. The molecule has 0 amide bonds. The standard InChI is InChI=1S/C10H9F2NO3/c11-7-4-10(16-5-6-1-2-6)8(12)3-9(7)13(14)15/h3-4,6H,1-2,5H2. The van der Waals surface area contributed by atoms with Crippen molar-refractivity contribution < 1.29 is 18.4 Å². The molecular weight excluding hydrogens is 220 g/mol. The Kier molecular flexibility index (Phi) is 2.72. The highest BCUT2D eigenvalue weighted by molar-refractivity contribution is 5.39. The van der Waals surface area contributed by atoms with Gasteiger partial charge in [0, 0.05) is 6.07 Å². The SMILES string of the molecule is O=[N+]([O-])c1cc(F)c(OCC2CC2)cc1F. The van der Waals surface area contributed by atoms with Crippen LogP contribution in [0.4, 0.5) is 14.5 Å². The van der Waals surface area contributed by atoms with E-state index >= 15 is 0 Å². The lowest BCUT2D eigenvalue weighted by molar-refractivity contribution is -0.387. The van der Waals surface area contributed by atoms with Gasteiger partial charge in [0.05, 0.1) is 17.6 Å². The number of hydrogen-bond donors (Lipinski definition) is 0. The molecule has 0 spiro atoms. The van der Waals surface area contributed by atoms with Gasteiger partial charge in [0.2, 0.25) is 5.82 Å². The van der Waals surface area contributed by atoms with E-state index in [1.165, 1.54) is 0 Å². The van der Waals surface area contributed by atoms with Crippen LogP contribution in [0.15, 0.2) is 12.1 Å². The molecule has 1 aromatic carbocycles. The first-order valence-electron chi connectivity index (χ1n) is 4.84. The number of rotatable bonds is 4. The third-order valence-corrected chi connectivity index (χ3v) is 2.37. The maximum Gasteiger partial charge on any atom is 0.307 e. The molecule has 2 rings (SSSR count). The number of nitro groups is 1. The molecule has 16 heavy (non-hydrogen) atoms. The van der Waals surface area contributed by atoms with Crippen molar-refractivity contribution in [1.29, 1.82) is 0 Å². The van der Waals surface area contributed by atoms with E-state index in [1.54, 1.807) is 0 Å². The van der Waals surface area contributed by atoms with Gasteiger partial charge in [0.15, 0.2) is 11.6 Å². The van der Waals surface area contributed by atoms with E-state index in [2.05, 4.69) is 0 Å². The molecule has 0 N–H and O–H groups in total. The Morgan fingerprint density at radius 2 is 2.06 bits per heavy atom.